The molecular formula is C19H29NO6. The van der Waals surface area contributed by atoms with Gasteiger partial charge in [-0.15, -0.1) is 0 Å². The van der Waals surface area contributed by atoms with Crippen LogP contribution < -0.4 is 4.74 Å². The second-order valence-electron chi connectivity index (χ2n) is 5.87. The van der Waals surface area contributed by atoms with E-state index in [-0.39, 0.29) is 31.6 Å². The number of methoxy groups -OCH3 is 1. The van der Waals surface area contributed by atoms with Gasteiger partial charge >= 0.3 is 5.97 Å². The lowest BCUT2D eigenvalue weighted by Gasteiger charge is -2.25. The summed E-state index contributed by atoms with van der Waals surface area (Å²) < 4.78 is 15.5. The van der Waals surface area contributed by atoms with Crippen molar-refractivity contribution in [2.75, 3.05) is 46.6 Å². The molecule has 1 aromatic rings. The normalized spacial score (nSPS) is 11.7. The Balaban J connectivity index is 2.43. The first-order chi connectivity index (χ1) is 12.6. The molecule has 0 bridgehead atoms. The number of rotatable bonds is 13. The van der Waals surface area contributed by atoms with Gasteiger partial charge in [0.05, 0.1) is 39.5 Å². The highest BCUT2D eigenvalue weighted by Gasteiger charge is 2.21. The second-order valence-corrected chi connectivity index (χ2v) is 5.87. The standard InChI is InChI=1S/C19H29NO6/c1-16(19(23)24-2)15-20(10-13-25-14-11-21)18(22)9-6-12-26-17-7-4-3-5-8-17/h3-5,7-8,16,21H,6,9-15H2,1-2H3. The molecule has 0 saturated carbocycles. The molecule has 0 aromatic heterocycles. The summed E-state index contributed by atoms with van der Waals surface area (Å²) in [5.41, 5.74) is 0. The summed E-state index contributed by atoms with van der Waals surface area (Å²) in [6, 6.07) is 9.43. The molecule has 0 aliphatic heterocycles. The van der Waals surface area contributed by atoms with Crippen LogP contribution in [0.25, 0.3) is 0 Å². The first-order valence-electron chi connectivity index (χ1n) is 8.80. The van der Waals surface area contributed by atoms with E-state index in [4.69, 9.17) is 19.3 Å². The molecule has 0 aliphatic carbocycles. The zero-order valence-electron chi connectivity index (χ0n) is 15.6. The van der Waals surface area contributed by atoms with Gasteiger partial charge in [0, 0.05) is 19.5 Å². The minimum Gasteiger partial charge on any atom is -0.494 e. The third kappa shape index (κ3) is 8.82. The van der Waals surface area contributed by atoms with Gasteiger partial charge in [0.15, 0.2) is 0 Å². The maximum absolute atomic E-state index is 12.5. The zero-order valence-corrected chi connectivity index (χ0v) is 15.6. The van der Waals surface area contributed by atoms with E-state index >= 15 is 0 Å². The number of carbonyl (C=O) groups is 2. The van der Waals surface area contributed by atoms with Crippen LogP contribution >= 0.6 is 0 Å². The van der Waals surface area contributed by atoms with Gasteiger partial charge < -0.3 is 24.2 Å². The molecule has 0 fully saturated rings. The molecule has 1 atom stereocenters. The van der Waals surface area contributed by atoms with Crippen LogP contribution in [0.15, 0.2) is 30.3 Å². The van der Waals surface area contributed by atoms with E-state index in [1.807, 2.05) is 30.3 Å². The largest absolute Gasteiger partial charge is 0.494 e. The SMILES string of the molecule is COC(=O)C(C)CN(CCOCCO)C(=O)CCCOc1ccccc1. The molecule has 1 amide bonds. The predicted octanol–water partition coefficient (Wildman–Crippen LogP) is 1.49. The zero-order chi connectivity index (χ0) is 19.2. The molecule has 26 heavy (non-hydrogen) atoms. The maximum Gasteiger partial charge on any atom is 0.310 e. The molecule has 0 radical (unpaired) electrons. The van der Waals surface area contributed by atoms with Gasteiger partial charge in [0.1, 0.15) is 5.75 Å². The van der Waals surface area contributed by atoms with Crippen LogP contribution in [0.4, 0.5) is 0 Å². The number of ether oxygens (including phenoxy) is 3. The summed E-state index contributed by atoms with van der Waals surface area (Å²) >= 11 is 0. The third-order valence-electron chi connectivity index (χ3n) is 3.74. The van der Waals surface area contributed by atoms with E-state index in [1.165, 1.54) is 7.11 Å². The molecule has 1 N–H and O–H groups in total. The number of carbonyl (C=O) groups excluding carboxylic acids is 2. The number of aliphatic hydroxyl groups excluding tert-OH is 1. The summed E-state index contributed by atoms with van der Waals surface area (Å²) in [7, 11) is 1.33. The van der Waals surface area contributed by atoms with Crippen molar-refractivity contribution in [3.8, 4) is 5.75 Å². The molecule has 1 rings (SSSR count). The third-order valence-corrected chi connectivity index (χ3v) is 3.74. The topological polar surface area (TPSA) is 85.3 Å². The Morgan fingerprint density at radius 1 is 1.15 bits per heavy atom. The summed E-state index contributed by atoms with van der Waals surface area (Å²) in [6.07, 6.45) is 0.898. The maximum atomic E-state index is 12.5. The fraction of sp³-hybridized carbons (Fsp3) is 0.579. The van der Waals surface area contributed by atoms with E-state index in [2.05, 4.69) is 0 Å². The number of nitrogens with zero attached hydrogens (tertiary/aromatic N) is 1. The molecule has 1 aromatic carbocycles. The van der Waals surface area contributed by atoms with Crippen LogP contribution in [0.2, 0.25) is 0 Å². The van der Waals surface area contributed by atoms with Crippen molar-refractivity contribution in [1.29, 1.82) is 0 Å². The smallest absolute Gasteiger partial charge is 0.310 e. The molecule has 0 heterocycles. The Morgan fingerprint density at radius 2 is 1.88 bits per heavy atom. The van der Waals surface area contributed by atoms with Crippen LogP contribution in [0.3, 0.4) is 0 Å². The number of para-hydroxylation sites is 1. The average molecular weight is 367 g/mol. The number of amides is 1. The Kier molecular flexibility index (Phi) is 11.1. The number of hydrogen-bond acceptors (Lipinski definition) is 6. The minimum atomic E-state index is -0.414. The average Bonchev–Trinajstić information content (AvgIpc) is 2.67. The van der Waals surface area contributed by atoms with Gasteiger partial charge in [-0.1, -0.05) is 25.1 Å². The molecule has 0 saturated heterocycles. The van der Waals surface area contributed by atoms with Crippen LogP contribution in [-0.4, -0.2) is 68.5 Å². The van der Waals surface area contributed by atoms with E-state index in [9.17, 15) is 9.59 Å². The van der Waals surface area contributed by atoms with Gasteiger partial charge in [-0.2, -0.15) is 0 Å². The van der Waals surface area contributed by atoms with Crippen LogP contribution in [0.5, 0.6) is 5.75 Å². The molecule has 7 nitrogen and oxygen atoms in total. The molecule has 0 aliphatic rings. The Hall–Kier alpha value is -2.12. The first-order valence-corrected chi connectivity index (χ1v) is 8.80. The summed E-state index contributed by atoms with van der Waals surface area (Å²) in [5.74, 6) is -0.0626. The van der Waals surface area contributed by atoms with Gasteiger partial charge in [-0.25, -0.2) is 0 Å². The number of benzene rings is 1. The van der Waals surface area contributed by atoms with Crippen molar-refractivity contribution in [2.45, 2.75) is 19.8 Å². The van der Waals surface area contributed by atoms with E-state index < -0.39 is 5.92 Å². The number of hydrogen-bond donors (Lipinski definition) is 1. The van der Waals surface area contributed by atoms with Crippen molar-refractivity contribution < 1.29 is 28.9 Å². The Morgan fingerprint density at radius 3 is 2.54 bits per heavy atom. The van der Waals surface area contributed by atoms with Crippen LogP contribution in [-0.2, 0) is 19.1 Å². The molecule has 1 unspecified atom stereocenters. The summed E-state index contributed by atoms with van der Waals surface area (Å²) in [4.78, 5) is 25.7. The predicted molar refractivity (Wildman–Crippen MR) is 96.8 cm³/mol. The number of aliphatic hydroxyl groups is 1. The quantitative estimate of drug-likeness (QED) is 0.420. The van der Waals surface area contributed by atoms with E-state index in [1.54, 1.807) is 11.8 Å². The Bertz CT molecular complexity index is 522. The monoisotopic (exact) mass is 367 g/mol. The molecule has 7 heteroatoms. The first kappa shape index (κ1) is 21.9. The lowest BCUT2D eigenvalue weighted by atomic mass is 10.1. The van der Waals surface area contributed by atoms with E-state index in [0.29, 0.717) is 32.6 Å². The van der Waals surface area contributed by atoms with Gasteiger partial charge in [0.25, 0.3) is 0 Å². The van der Waals surface area contributed by atoms with Crippen molar-refractivity contribution >= 4 is 11.9 Å². The highest BCUT2D eigenvalue weighted by molar-refractivity contribution is 5.78. The van der Waals surface area contributed by atoms with Crippen LogP contribution in [0, 0.1) is 5.92 Å². The van der Waals surface area contributed by atoms with Gasteiger partial charge in [0.2, 0.25) is 5.91 Å². The highest BCUT2D eigenvalue weighted by Crippen LogP contribution is 2.10. The summed E-state index contributed by atoms with van der Waals surface area (Å²) in [6.45, 7) is 3.26. The molecular weight excluding hydrogens is 338 g/mol. The van der Waals surface area contributed by atoms with Crippen molar-refractivity contribution in [3.05, 3.63) is 30.3 Å². The second kappa shape index (κ2) is 13.1. The lowest BCUT2D eigenvalue weighted by Crippen LogP contribution is -2.39. The fourth-order valence-electron chi connectivity index (χ4n) is 2.35. The van der Waals surface area contributed by atoms with Gasteiger partial charge in [-0.05, 0) is 18.6 Å². The highest BCUT2D eigenvalue weighted by atomic mass is 16.5. The van der Waals surface area contributed by atoms with Crippen LogP contribution in [0.1, 0.15) is 19.8 Å². The van der Waals surface area contributed by atoms with Crippen molar-refractivity contribution in [2.24, 2.45) is 5.92 Å². The Labute approximate surface area is 154 Å². The molecule has 0 spiro atoms. The van der Waals surface area contributed by atoms with E-state index in [0.717, 1.165) is 5.75 Å². The number of esters is 1. The van der Waals surface area contributed by atoms with Gasteiger partial charge in [-0.3, -0.25) is 9.59 Å². The minimum absolute atomic E-state index is 0.0648. The van der Waals surface area contributed by atoms with Crippen molar-refractivity contribution in [1.82, 2.24) is 4.90 Å². The summed E-state index contributed by atoms with van der Waals surface area (Å²) in [5, 5.41) is 8.75. The fourth-order valence-corrected chi connectivity index (χ4v) is 2.35. The molecule has 146 valence electrons. The van der Waals surface area contributed by atoms with Crippen molar-refractivity contribution in [3.63, 3.8) is 0 Å². The lowest BCUT2D eigenvalue weighted by molar-refractivity contribution is -0.146.